The van der Waals surface area contributed by atoms with E-state index in [9.17, 15) is 15.0 Å². The highest BCUT2D eigenvalue weighted by atomic mass is 16.5. The van der Waals surface area contributed by atoms with E-state index >= 15 is 0 Å². The van der Waals surface area contributed by atoms with Crippen molar-refractivity contribution in [2.75, 3.05) is 20.2 Å². The zero-order valence-corrected chi connectivity index (χ0v) is 11.0. The highest BCUT2D eigenvalue weighted by Crippen LogP contribution is 2.32. The Hall–Kier alpha value is -1.75. The number of aliphatic carboxylic acids is 1. The summed E-state index contributed by atoms with van der Waals surface area (Å²) in [6.07, 6.45) is 3.21. The molecule has 2 rings (SSSR count). The second-order valence-electron chi connectivity index (χ2n) is 4.77. The number of carboxylic acid groups (broad SMARTS) is 1. The van der Waals surface area contributed by atoms with Crippen LogP contribution in [0, 0.1) is 0 Å². The van der Waals surface area contributed by atoms with Gasteiger partial charge in [-0.05, 0) is 43.6 Å². The van der Waals surface area contributed by atoms with Crippen molar-refractivity contribution in [3.05, 3.63) is 23.8 Å². The van der Waals surface area contributed by atoms with Crippen molar-refractivity contribution in [1.82, 2.24) is 4.90 Å². The van der Waals surface area contributed by atoms with E-state index < -0.39 is 12.0 Å². The van der Waals surface area contributed by atoms with Crippen LogP contribution in [0.5, 0.6) is 11.5 Å². The molecule has 1 unspecified atom stereocenters. The van der Waals surface area contributed by atoms with Crippen molar-refractivity contribution < 1.29 is 19.7 Å². The molecule has 5 heteroatoms. The summed E-state index contributed by atoms with van der Waals surface area (Å²) in [6, 6.07) is 4.05. The number of hydrogen-bond acceptors (Lipinski definition) is 4. The van der Waals surface area contributed by atoms with Gasteiger partial charge in [-0.15, -0.1) is 0 Å². The maximum Gasteiger partial charge on any atom is 0.325 e. The quantitative estimate of drug-likeness (QED) is 0.871. The molecule has 1 aromatic carbocycles. The van der Waals surface area contributed by atoms with Crippen LogP contribution in [0.15, 0.2) is 18.2 Å². The lowest BCUT2D eigenvalue weighted by Gasteiger charge is -2.32. The third-order valence-corrected chi connectivity index (χ3v) is 3.51. The minimum atomic E-state index is -0.866. The van der Waals surface area contributed by atoms with Crippen molar-refractivity contribution in [3.8, 4) is 11.5 Å². The summed E-state index contributed by atoms with van der Waals surface area (Å²) in [5, 5.41) is 19.0. The van der Waals surface area contributed by atoms with Crippen molar-refractivity contribution in [3.63, 3.8) is 0 Å². The third-order valence-electron chi connectivity index (χ3n) is 3.51. The summed E-state index contributed by atoms with van der Waals surface area (Å²) in [5.41, 5.74) is 0.643. The summed E-state index contributed by atoms with van der Waals surface area (Å²) < 4.78 is 5.04. The molecule has 1 fully saturated rings. The molecule has 19 heavy (non-hydrogen) atoms. The SMILES string of the molecule is COc1cc(C(C(=O)O)N2CCCCC2)ccc1O. The Bertz CT molecular complexity index is 455. The molecule has 1 aliphatic rings. The first-order valence-corrected chi connectivity index (χ1v) is 6.47. The molecular weight excluding hydrogens is 246 g/mol. The van der Waals surface area contributed by atoms with Gasteiger partial charge in [0.05, 0.1) is 7.11 Å². The molecule has 1 saturated heterocycles. The Morgan fingerprint density at radius 1 is 1.32 bits per heavy atom. The maximum absolute atomic E-state index is 11.5. The van der Waals surface area contributed by atoms with Crippen molar-refractivity contribution in [1.29, 1.82) is 0 Å². The van der Waals surface area contributed by atoms with Gasteiger partial charge in [0.25, 0.3) is 0 Å². The average molecular weight is 265 g/mol. The molecule has 1 atom stereocenters. The second kappa shape index (κ2) is 5.93. The second-order valence-corrected chi connectivity index (χ2v) is 4.77. The number of benzene rings is 1. The van der Waals surface area contributed by atoms with Crippen LogP contribution in [0.1, 0.15) is 30.9 Å². The van der Waals surface area contributed by atoms with Gasteiger partial charge in [-0.1, -0.05) is 12.5 Å². The number of piperidine rings is 1. The first-order valence-electron chi connectivity index (χ1n) is 6.47. The number of carbonyl (C=O) groups is 1. The topological polar surface area (TPSA) is 70.0 Å². The van der Waals surface area contributed by atoms with E-state index in [1.54, 1.807) is 12.1 Å². The fourth-order valence-corrected chi connectivity index (χ4v) is 2.55. The highest BCUT2D eigenvalue weighted by molar-refractivity contribution is 5.76. The van der Waals surface area contributed by atoms with E-state index in [0.29, 0.717) is 11.3 Å². The van der Waals surface area contributed by atoms with E-state index in [2.05, 4.69) is 0 Å². The largest absolute Gasteiger partial charge is 0.504 e. The minimum absolute atomic E-state index is 0.0223. The zero-order chi connectivity index (χ0) is 13.8. The zero-order valence-electron chi connectivity index (χ0n) is 11.0. The number of carboxylic acids is 1. The molecule has 104 valence electrons. The first-order chi connectivity index (χ1) is 9.13. The number of aromatic hydroxyl groups is 1. The van der Waals surface area contributed by atoms with Gasteiger partial charge in [0.2, 0.25) is 0 Å². The molecule has 0 amide bonds. The Morgan fingerprint density at radius 2 is 2.00 bits per heavy atom. The number of likely N-dealkylation sites (tertiary alicyclic amines) is 1. The number of hydrogen-bond donors (Lipinski definition) is 2. The van der Waals surface area contributed by atoms with Crippen LogP contribution in [0.3, 0.4) is 0 Å². The monoisotopic (exact) mass is 265 g/mol. The fourth-order valence-electron chi connectivity index (χ4n) is 2.55. The van der Waals surface area contributed by atoms with Crippen LogP contribution in [0.25, 0.3) is 0 Å². The molecule has 1 aliphatic heterocycles. The Kier molecular flexibility index (Phi) is 4.27. The van der Waals surface area contributed by atoms with Gasteiger partial charge >= 0.3 is 5.97 Å². The Balaban J connectivity index is 2.30. The van der Waals surface area contributed by atoms with Crippen molar-refractivity contribution in [2.24, 2.45) is 0 Å². The summed E-state index contributed by atoms with van der Waals surface area (Å²) in [7, 11) is 1.45. The third kappa shape index (κ3) is 2.98. The number of phenolic OH excluding ortho intramolecular Hbond substituents is 1. The molecule has 0 bridgehead atoms. The smallest absolute Gasteiger partial charge is 0.325 e. The molecule has 0 radical (unpaired) electrons. The molecule has 1 aromatic rings. The predicted octanol–water partition coefficient (Wildman–Crippen LogP) is 2.01. The minimum Gasteiger partial charge on any atom is -0.504 e. The predicted molar refractivity (Wildman–Crippen MR) is 70.5 cm³/mol. The van der Waals surface area contributed by atoms with Crippen molar-refractivity contribution >= 4 is 5.97 Å². The number of ether oxygens (including phenoxy) is 1. The Labute approximate surface area is 112 Å². The standard InChI is InChI=1S/C14H19NO4/c1-19-12-9-10(5-6-11(12)16)13(14(17)18)15-7-3-2-4-8-15/h5-6,9,13,16H,2-4,7-8H2,1H3,(H,17,18). The molecule has 0 spiro atoms. The van der Waals surface area contributed by atoms with Crippen LogP contribution >= 0.6 is 0 Å². The van der Waals surface area contributed by atoms with Crippen LogP contribution < -0.4 is 4.74 Å². The van der Waals surface area contributed by atoms with Crippen LogP contribution in [-0.4, -0.2) is 41.3 Å². The van der Waals surface area contributed by atoms with Gasteiger partial charge in [-0.25, -0.2) is 0 Å². The maximum atomic E-state index is 11.5. The summed E-state index contributed by atoms with van der Waals surface area (Å²) in [4.78, 5) is 13.5. The van der Waals surface area contributed by atoms with E-state index in [0.717, 1.165) is 32.4 Å². The van der Waals surface area contributed by atoms with Gasteiger partial charge in [-0.3, -0.25) is 9.69 Å². The van der Waals surface area contributed by atoms with Crippen LogP contribution in [-0.2, 0) is 4.79 Å². The van der Waals surface area contributed by atoms with Gasteiger partial charge in [0.15, 0.2) is 11.5 Å². The van der Waals surface area contributed by atoms with Gasteiger partial charge in [0.1, 0.15) is 6.04 Å². The van der Waals surface area contributed by atoms with E-state index in [-0.39, 0.29) is 5.75 Å². The van der Waals surface area contributed by atoms with Crippen LogP contribution in [0.4, 0.5) is 0 Å². The molecule has 0 aliphatic carbocycles. The molecule has 1 heterocycles. The van der Waals surface area contributed by atoms with E-state index in [1.165, 1.54) is 13.2 Å². The molecule has 0 aromatic heterocycles. The van der Waals surface area contributed by atoms with Gasteiger partial charge < -0.3 is 14.9 Å². The lowest BCUT2D eigenvalue weighted by atomic mass is 10.0. The summed E-state index contributed by atoms with van der Waals surface area (Å²) >= 11 is 0. The number of nitrogens with zero attached hydrogens (tertiary/aromatic N) is 1. The molecule has 2 N–H and O–H groups in total. The number of phenols is 1. The molecular formula is C14H19NO4. The van der Waals surface area contributed by atoms with Gasteiger partial charge in [-0.2, -0.15) is 0 Å². The summed E-state index contributed by atoms with van der Waals surface area (Å²) in [5.74, 6) is -0.538. The van der Waals surface area contributed by atoms with Crippen LogP contribution in [0.2, 0.25) is 0 Å². The van der Waals surface area contributed by atoms with E-state index in [4.69, 9.17) is 4.74 Å². The molecule has 5 nitrogen and oxygen atoms in total. The normalized spacial score (nSPS) is 17.9. The lowest BCUT2D eigenvalue weighted by molar-refractivity contribution is -0.144. The van der Waals surface area contributed by atoms with Gasteiger partial charge in [0, 0.05) is 0 Å². The number of rotatable bonds is 4. The van der Waals surface area contributed by atoms with Crippen molar-refractivity contribution in [2.45, 2.75) is 25.3 Å². The van der Waals surface area contributed by atoms with E-state index in [1.807, 2.05) is 4.90 Å². The fraction of sp³-hybridized carbons (Fsp3) is 0.500. The average Bonchev–Trinajstić information content (AvgIpc) is 2.41. The molecule has 0 saturated carbocycles. The Morgan fingerprint density at radius 3 is 2.58 bits per heavy atom. The number of methoxy groups -OCH3 is 1. The first kappa shape index (κ1) is 13.7. The summed E-state index contributed by atoms with van der Waals surface area (Å²) in [6.45, 7) is 1.58. The highest BCUT2D eigenvalue weighted by Gasteiger charge is 2.29. The lowest BCUT2D eigenvalue weighted by Crippen LogP contribution is -2.37.